The zero-order chi connectivity index (χ0) is 12.8. The summed E-state index contributed by atoms with van der Waals surface area (Å²) in [4.78, 5) is 11.6. The molecule has 2 aromatic rings. The van der Waals surface area contributed by atoms with Gasteiger partial charge >= 0.3 is 0 Å². The van der Waals surface area contributed by atoms with E-state index in [0.717, 1.165) is 18.4 Å². The first-order valence-corrected chi connectivity index (χ1v) is 6.50. The van der Waals surface area contributed by atoms with Crippen LogP contribution in [0.1, 0.15) is 31.7 Å². The van der Waals surface area contributed by atoms with Crippen LogP contribution in [0.3, 0.4) is 0 Å². The smallest absolute Gasteiger partial charge is 0.155 e. The maximum Gasteiger partial charge on any atom is 0.155 e. The highest BCUT2D eigenvalue weighted by molar-refractivity contribution is 5.97. The summed E-state index contributed by atoms with van der Waals surface area (Å²) in [5.41, 5.74) is 1.11. The molecule has 0 N–H and O–H groups in total. The summed E-state index contributed by atoms with van der Waals surface area (Å²) < 4.78 is 0. The van der Waals surface area contributed by atoms with Crippen LogP contribution >= 0.6 is 0 Å². The van der Waals surface area contributed by atoms with Gasteiger partial charge in [0.15, 0.2) is 5.78 Å². The lowest BCUT2D eigenvalue weighted by Gasteiger charge is -2.01. The average Bonchev–Trinajstić information content (AvgIpc) is 2.42. The number of unbranched alkanes of at least 4 members (excludes halogenated alkanes) is 1. The van der Waals surface area contributed by atoms with E-state index >= 15 is 0 Å². The largest absolute Gasteiger partial charge is 0.295 e. The number of carbonyl (C=O) groups excluding carboxylic acids is 1. The Kier molecular flexibility index (Phi) is 4.30. The Morgan fingerprint density at radius 1 is 1.11 bits per heavy atom. The minimum absolute atomic E-state index is 0.213. The summed E-state index contributed by atoms with van der Waals surface area (Å²) in [6.07, 6.45) is 6.32. The summed E-state index contributed by atoms with van der Waals surface area (Å²) in [5.74, 6) is 0.213. The lowest BCUT2D eigenvalue weighted by atomic mass is 10.0. The molecule has 0 aromatic heterocycles. The molecule has 18 heavy (non-hydrogen) atoms. The van der Waals surface area contributed by atoms with E-state index in [1.54, 1.807) is 6.08 Å². The van der Waals surface area contributed by atoms with Crippen LogP contribution in [-0.2, 0) is 4.79 Å². The second-order valence-electron chi connectivity index (χ2n) is 4.47. The fraction of sp³-hybridized carbons (Fsp3) is 0.235. The van der Waals surface area contributed by atoms with Crippen LogP contribution in [0.4, 0.5) is 0 Å². The number of benzene rings is 2. The maximum atomic E-state index is 11.6. The van der Waals surface area contributed by atoms with Gasteiger partial charge in [0, 0.05) is 6.42 Å². The second kappa shape index (κ2) is 6.15. The first-order chi connectivity index (χ1) is 8.81. The molecule has 0 fully saturated rings. The molecule has 0 spiro atoms. The average molecular weight is 238 g/mol. The van der Waals surface area contributed by atoms with Crippen molar-refractivity contribution in [1.82, 2.24) is 0 Å². The van der Waals surface area contributed by atoms with E-state index in [-0.39, 0.29) is 5.78 Å². The number of hydrogen-bond donors (Lipinski definition) is 0. The molecule has 0 unspecified atom stereocenters. The van der Waals surface area contributed by atoms with Gasteiger partial charge in [0.1, 0.15) is 0 Å². The van der Waals surface area contributed by atoms with Crippen molar-refractivity contribution in [2.45, 2.75) is 26.2 Å². The molecule has 1 heteroatoms. The van der Waals surface area contributed by atoms with Crippen molar-refractivity contribution >= 4 is 22.6 Å². The van der Waals surface area contributed by atoms with E-state index in [0.29, 0.717) is 6.42 Å². The van der Waals surface area contributed by atoms with Crippen LogP contribution in [0.5, 0.6) is 0 Å². The van der Waals surface area contributed by atoms with E-state index in [9.17, 15) is 4.79 Å². The van der Waals surface area contributed by atoms with Crippen molar-refractivity contribution in [3.63, 3.8) is 0 Å². The highest BCUT2D eigenvalue weighted by Crippen LogP contribution is 2.19. The highest BCUT2D eigenvalue weighted by atomic mass is 16.1. The third-order valence-electron chi connectivity index (χ3n) is 3.05. The zero-order valence-electron chi connectivity index (χ0n) is 10.7. The van der Waals surface area contributed by atoms with E-state index in [1.165, 1.54) is 10.8 Å². The molecule has 0 saturated carbocycles. The molecule has 92 valence electrons. The third kappa shape index (κ3) is 3.07. The van der Waals surface area contributed by atoms with Crippen molar-refractivity contribution in [3.8, 4) is 0 Å². The van der Waals surface area contributed by atoms with Crippen LogP contribution in [0.15, 0.2) is 48.5 Å². The molecule has 0 radical (unpaired) electrons. The summed E-state index contributed by atoms with van der Waals surface area (Å²) >= 11 is 0. The lowest BCUT2D eigenvalue weighted by Crippen LogP contribution is -1.91. The Balaban J connectivity index is 2.21. The van der Waals surface area contributed by atoms with E-state index in [2.05, 4.69) is 25.1 Å². The Hall–Kier alpha value is -1.89. The molecule has 0 aliphatic rings. The lowest BCUT2D eigenvalue weighted by molar-refractivity contribution is -0.114. The van der Waals surface area contributed by atoms with Gasteiger partial charge in [0.2, 0.25) is 0 Å². The van der Waals surface area contributed by atoms with Crippen LogP contribution in [-0.4, -0.2) is 5.78 Å². The molecule has 0 amide bonds. The molecule has 0 heterocycles. The van der Waals surface area contributed by atoms with Crippen LogP contribution in [0.2, 0.25) is 0 Å². The molecule has 2 rings (SSSR count). The van der Waals surface area contributed by atoms with E-state index < -0.39 is 0 Å². The number of hydrogen-bond acceptors (Lipinski definition) is 1. The molecule has 0 aliphatic carbocycles. The highest BCUT2D eigenvalue weighted by Gasteiger charge is 1.98. The van der Waals surface area contributed by atoms with Crippen LogP contribution < -0.4 is 0 Å². The van der Waals surface area contributed by atoms with Gasteiger partial charge in [0.25, 0.3) is 0 Å². The minimum Gasteiger partial charge on any atom is -0.295 e. The van der Waals surface area contributed by atoms with E-state index in [1.807, 2.05) is 30.3 Å². The van der Waals surface area contributed by atoms with Gasteiger partial charge in [-0.3, -0.25) is 4.79 Å². The SMILES string of the molecule is CCCCC(=O)/C=C/c1cccc2ccccc12. The fourth-order valence-electron chi connectivity index (χ4n) is 2.01. The third-order valence-corrected chi connectivity index (χ3v) is 3.05. The predicted molar refractivity (Wildman–Crippen MR) is 77.5 cm³/mol. The molecular weight excluding hydrogens is 220 g/mol. The number of fused-ring (bicyclic) bond motifs is 1. The minimum atomic E-state index is 0.213. The molecule has 2 aromatic carbocycles. The summed E-state index contributed by atoms with van der Waals surface area (Å²) in [6, 6.07) is 14.4. The molecule has 0 bridgehead atoms. The quantitative estimate of drug-likeness (QED) is 0.695. The molecule has 0 atom stereocenters. The van der Waals surface area contributed by atoms with Gasteiger partial charge in [-0.25, -0.2) is 0 Å². The van der Waals surface area contributed by atoms with Gasteiger partial charge in [0.05, 0.1) is 0 Å². The standard InChI is InChI=1S/C17H18O/c1-2-3-10-16(18)13-12-15-9-6-8-14-7-4-5-11-17(14)15/h4-9,11-13H,2-3,10H2,1H3/b13-12+. The number of carbonyl (C=O) groups is 1. The van der Waals surface area contributed by atoms with Gasteiger partial charge in [-0.2, -0.15) is 0 Å². The Morgan fingerprint density at radius 2 is 1.89 bits per heavy atom. The van der Waals surface area contributed by atoms with Crippen molar-refractivity contribution < 1.29 is 4.79 Å². The summed E-state index contributed by atoms with van der Waals surface area (Å²) in [5, 5.41) is 2.40. The number of ketones is 1. The second-order valence-corrected chi connectivity index (χ2v) is 4.47. The molecule has 0 aliphatic heterocycles. The zero-order valence-corrected chi connectivity index (χ0v) is 10.7. The first kappa shape index (κ1) is 12.6. The Morgan fingerprint density at radius 3 is 2.72 bits per heavy atom. The first-order valence-electron chi connectivity index (χ1n) is 6.50. The normalized spacial score (nSPS) is 11.2. The monoisotopic (exact) mass is 238 g/mol. The van der Waals surface area contributed by atoms with Crippen LogP contribution in [0.25, 0.3) is 16.8 Å². The Labute approximate surface area is 108 Å². The molecular formula is C17H18O. The van der Waals surface area contributed by atoms with Crippen molar-refractivity contribution in [3.05, 3.63) is 54.1 Å². The van der Waals surface area contributed by atoms with Crippen LogP contribution in [0, 0.1) is 0 Å². The fourth-order valence-corrected chi connectivity index (χ4v) is 2.01. The van der Waals surface area contributed by atoms with Crippen molar-refractivity contribution in [1.29, 1.82) is 0 Å². The number of rotatable bonds is 5. The summed E-state index contributed by atoms with van der Waals surface area (Å²) in [7, 11) is 0. The maximum absolute atomic E-state index is 11.6. The van der Waals surface area contributed by atoms with Gasteiger partial charge in [-0.05, 0) is 28.8 Å². The molecule has 0 saturated heterocycles. The molecule has 1 nitrogen and oxygen atoms in total. The van der Waals surface area contributed by atoms with Gasteiger partial charge in [-0.1, -0.05) is 61.9 Å². The summed E-state index contributed by atoms with van der Waals surface area (Å²) in [6.45, 7) is 2.10. The van der Waals surface area contributed by atoms with Gasteiger partial charge in [-0.15, -0.1) is 0 Å². The topological polar surface area (TPSA) is 17.1 Å². The van der Waals surface area contributed by atoms with Crippen molar-refractivity contribution in [2.75, 3.05) is 0 Å². The predicted octanol–water partition coefficient (Wildman–Crippen LogP) is 4.61. The van der Waals surface area contributed by atoms with E-state index in [4.69, 9.17) is 0 Å². The Bertz CT molecular complexity index is 561. The van der Waals surface area contributed by atoms with Gasteiger partial charge < -0.3 is 0 Å². The van der Waals surface area contributed by atoms with Crippen molar-refractivity contribution in [2.24, 2.45) is 0 Å². The number of allylic oxidation sites excluding steroid dienone is 1.